The van der Waals surface area contributed by atoms with E-state index < -0.39 is 11.3 Å². The van der Waals surface area contributed by atoms with E-state index in [0.29, 0.717) is 10.9 Å². The number of aromatic hydroxyl groups is 1. The van der Waals surface area contributed by atoms with E-state index in [1.165, 1.54) is 4.57 Å². The molecule has 1 aromatic heterocycles. The lowest BCUT2D eigenvalue weighted by atomic mass is 9.96. The van der Waals surface area contributed by atoms with Crippen LogP contribution in [0.2, 0.25) is 0 Å². The molecule has 4 aromatic rings. The first-order valence-corrected chi connectivity index (χ1v) is 11.2. The molecule has 2 N–H and O–H groups in total. The average molecular weight is 456 g/mol. The predicted molar refractivity (Wildman–Crippen MR) is 138 cm³/mol. The number of carbonyl (C=O) groups is 1. The van der Waals surface area contributed by atoms with Crippen LogP contribution in [0.4, 0.5) is 11.4 Å². The minimum Gasteiger partial charge on any atom is -0.506 e. The van der Waals surface area contributed by atoms with E-state index in [1.54, 1.807) is 31.3 Å². The molecule has 0 aliphatic rings. The Morgan fingerprint density at radius 3 is 2.29 bits per heavy atom. The van der Waals surface area contributed by atoms with E-state index in [2.05, 4.69) is 5.32 Å². The Kier molecular flexibility index (Phi) is 6.41. The number of para-hydroxylation sites is 1. The molecule has 0 saturated carbocycles. The first-order valence-electron chi connectivity index (χ1n) is 11.2. The second kappa shape index (κ2) is 9.43. The minimum atomic E-state index is -0.502. The van der Waals surface area contributed by atoms with E-state index >= 15 is 0 Å². The molecule has 6 nitrogen and oxygen atoms in total. The Balaban J connectivity index is 1.73. The van der Waals surface area contributed by atoms with Gasteiger partial charge in [-0.1, -0.05) is 42.0 Å². The van der Waals surface area contributed by atoms with Crippen LogP contribution in [0.3, 0.4) is 0 Å². The number of ketones is 1. The Morgan fingerprint density at radius 2 is 1.65 bits per heavy atom. The zero-order valence-electron chi connectivity index (χ0n) is 19.9. The van der Waals surface area contributed by atoms with Gasteiger partial charge < -0.3 is 19.9 Å². The first kappa shape index (κ1) is 23.1. The second-order valence-corrected chi connectivity index (χ2v) is 8.78. The molecule has 1 unspecified atom stereocenters. The number of hydrogen-bond donors (Lipinski definition) is 2. The summed E-state index contributed by atoms with van der Waals surface area (Å²) < 4.78 is 1.41. The summed E-state index contributed by atoms with van der Waals surface area (Å²) in [6.45, 7) is 2.02. The molecule has 0 bridgehead atoms. The van der Waals surface area contributed by atoms with Crippen molar-refractivity contribution in [3.63, 3.8) is 0 Å². The number of benzene rings is 3. The number of pyridine rings is 1. The fourth-order valence-electron chi connectivity index (χ4n) is 4.13. The van der Waals surface area contributed by atoms with Gasteiger partial charge in [0.25, 0.3) is 5.56 Å². The van der Waals surface area contributed by atoms with Gasteiger partial charge in [0, 0.05) is 44.3 Å². The van der Waals surface area contributed by atoms with Gasteiger partial charge in [-0.3, -0.25) is 9.59 Å². The molecule has 0 amide bonds. The first-order chi connectivity index (χ1) is 16.3. The lowest BCUT2D eigenvalue weighted by Crippen LogP contribution is -2.26. The normalized spacial score (nSPS) is 11.9. The van der Waals surface area contributed by atoms with Gasteiger partial charge in [0.1, 0.15) is 11.3 Å². The summed E-state index contributed by atoms with van der Waals surface area (Å²) in [5.74, 6) is -0.675. The Bertz CT molecular complexity index is 1390. The molecule has 1 atom stereocenters. The van der Waals surface area contributed by atoms with Gasteiger partial charge in [-0.15, -0.1) is 0 Å². The number of aryl methyl sites for hydroxylation is 2. The maximum Gasteiger partial charge on any atom is 0.265 e. The molecule has 0 aliphatic heterocycles. The topological polar surface area (TPSA) is 74.6 Å². The van der Waals surface area contributed by atoms with Crippen molar-refractivity contribution < 1.29 is 9.90 Å². The quantitative estimate of drug-likeness (QED) is 0.382. The summed E-state index contributed by atoms with van der Waals surface area (Å²) >= 11 is 0. The Hall–Kier alpha value is -4.06. The minimum absolute atomic E-state index is 0.0102. The summed E-state index contributed by atoms with van der Waals surface area (Å²) in [6.07, 6.45) is 0.0102. The maximum atomic E-state index is 13.5. The van der Waals surface area contributed by atoms with Crippen molar-refractivity contribution in [3.8, 4) is 5.75 Å². The van der Waals surface area contributed by atoms with Gasteiger partial charge >= 0.3 is 0 Å². The molecule has 174 valence electrons. The van der Waals surface area contributed by atoms with E-state index in [4.69, 9.17) is 0 Å². The Labute approximate surface area is 199 Å². The highest BCUT2D eigenvalue weighted by Crippen LogP contribution is 2.30. The summed E-state index contributed by atoms with van der Waals surface area (Å²) in [5, 5.41) is 14.8. The molecular formula is C28H29N3O3. The van der Waals surface area contributed by atoms with Gasteiger partial charge in [-0.2, -0.15) is 0 Å². The number of nitrogens with zero attached hydrogens (tertiary/aromatic N) is 2. The van der Waals surface area contributed by atoms with E-state index in [9.17, 15) is 14.7 Å². The molecule has 1 heterocycles. The van der Waals surface area contributed by atoms with Crippen molar-refractivity contribution in [1.29, 1.82) is 0 Å². The summed E-state index contributed by atoms with van der Waals surface area (Å²) in [6, 6.07) is 22.5. The van der Waals surface area contributed by atoms with Crippen LogP contribution in [0.1, 0.15) is 33.9 Å². The van der Waals surface area contributed by atoms with E-state index in [0.717, 1.165) is 22.5 Å². The number of Topliss-reactive ketones (excluding diaryl/α,β-unsaturated/α-hetero) is 1. The van der Waals surface area contributed by atoms with E-state index in [1.807, 2.05) is 74.4 Å². The van der Waals surface area contributed by atoms with Crippen LogP contribution in [-0.2, 0) is 7.05 Å². The third kappa shape index (κ3) is 4.53. The number of rotatable bonds is 7. The van der Waals surface area contributed by atoms with Gasteiger partial charge in [0.05, 0.1) is 11.6 Å². The highest BCUT2D eigenvalue weighted by atomic mass is 16.3. The molecule has 0 fully saturated rings. The molecule has 0 spiro atoms. The van der Waals surface area contributed by atoms with Crippen LogP contribution in [0.5, 0.6) is 5.75 Å². The summed E-state index contributed by atoms with van der Waals surface area (Å²) in [4.78, 5) is 28.5. The number of anilines is 2. The zero-order valence-corrected chi connectivity index (χ0v) is 19.9. The van der Waals surface area contributed by atoms with Gasteiger partial charge in [-0.05, 0) is 48.9 Å². The second-order valence-electron chi connectivity index (χ2n) is 8.78. The van der Waals surface area contributed by atoms with Crippen LogP contribution >= 0.6 is 0 Å². The Morgan fingerprint density at radius 1 is 1.00 bits per heavy atom. The number of fused-ring (bicyclic) bond motifs is 1. The molecule has 0 radical (unpaired) electrons. The third-order valence-electron chi connectivity index (χ3n) is 6.15. The monoisotopic (exact) mass is 455 g/mol. The van der Waals surface area contributed by atoms with Crippen molar-refractivity contribution >= 4 is 28.1 Å². The van der Waals surface area contributed by atoms with Crippen LogP contribution in [0.15, 0.2) is 77.6 Å². The number of nitrogens with one attached hydrogen (secondary N) is 1. The van der Waals surface area contributed by atoms with Gasteiger partial charge in [-0.25, -0.2) is 0 Å². The van der Waals surface area contributed by atoms with Crippen molar-refractivity contribution in [1.82, 2.24) is 4.57 Å². The summed E-state index contributed by atoms with van der Waals surface area (Å²) in [7, 11) is 5.56. The lowest BCUT2D eigenvalue weighted by molar-refractivity contribution is 0.0972. The number of aromatic nitrogens is 1. The van der Waals surface area contributed by atoms with Crippen LogP contribution in [-0.4, -0.2) is 29.6 Å². The number of carbonyl (C=O) groups excluding carboxylic acids is 1. The molecule has 3 aromatic carbocycles. The molecule has 34 heavy (non-hydrogen) atoms. The van der Waals surface area contributed by atoms with Crippen LogP contribution < -0.4 is 15.8 Å². The largest absolute Gasteiger partial charge is 0.506 e. The molecule has 6 heteroatoms. The smallest absolute Gasteiger partial charge is 0.265 e. The molecule has 0 saturated heterocycles. The van der Waals surface area contributed by atoms with Gasteiger partial charge in [0.2, 0.25) is 0 Å². The van der Waals surface area contributed by atoms with Crippen molar-refractivity contribution in [2.24, 2.45) is 7.05 Å². The molecular weight excluding hydrogens is 426 g/mol. The highest BCUT2D eigenvalue weighted by Gasteiger charge is 2.25. The molecule has 4 rings (SSSR count). The fourth-order valence-corrected chi connectivity index (χ4v) is 4.13. The fraction of sp³-hybridized carbons (Fsp3) is 0.214. The van der Waals surface area contributed by atoms with E-state index in [-0.39, 0.29) is 23.8 Å². The van der Waals surface area contributed by atoms with Crippen molar-refractivity contribution in [2.75, 3.05) is 24.3 Å². The maximum absolute atomic E-state index is 13.5. The highest BCUT2D eigenvalue weighted by molar-refractivity contribution is 6.03. The van der Waals surface area contributed by atoms with Crippen LogP contribution in [0, 0.1) is 6.92 Å². The molecule has 0 aliphatic carbocycles. The summed E-state index contributed by atoms with van der Waals surface area (Å²) in [5.41, 5.74) is 3.87. The number of hydrogen-bond acceptors (Lipinski definition) is 5. The lowest BCUT2D eigenvalue weighted by Gasteiger charge is -2.22. The third-order valence-corrected chi connectivity index (χ3v) is 6.15. The average Bonchev–Trinajstić information content (AvgIpc) is 2.84. The predicted octanol–water partition coefficient (Wildman–Crippen LogP) is 5.04. The van der Waals surface area contributed by atoms with Crippen molar-refractivity contribution in [3.05, 3.63) is 99.8 Å². The SMILES string of the molecule is Cc1ccc(NC(CC(=O)c2c(O)c3ccccc3n(C)c2=O)c2ccc(N(C)C)cc2)cc1. The van der Waals surface area contributed by atoms with Gasteiger partial charge in [0.15, 0.2) is 5.78 Å². The van der Waals surface area contributed by atoms with Crippen molar-refractivity contribution in [2.45, 2.75) is 19.4 Å². The van der Waals surface area contributed by atoms with Crippen LogP contribution in [0.25, 0.3) is 10.9 Å². The zero-order chi connectivity index (χ0) is 24.4. The standard InChI is InChI=1S/C28H29N3O3/c1-18-9-13-20(14-10-18)29-23(19-11-15-21(16-12-19)30(2)3)17-25(32)26-27(33)22-7-5-6-8-24(22)31(4)28(26)34/h5-16,23,29,33H,17H2,1-4H3.